The van der Waals surface area contributed by atoms with Crippen LogP contribution < -0.4 is 10.5 Å². The second-order valence-corrected chi connectivity index (χ2v) is 14.0. The summed E-state index contributed by atoms with van der Waals surface area (Å²) in [6.07, 6.45) is -6.72. The Morgan fingerprint density at radius 1 is 1.03 bits per heavy atom. The molecule has 0 heterocycles. The maximum Gasteiger partial charge on any atom is 0.389 e. The Kier molecular flexibility index (Phi) is 8.96. The summed E-state index contributed by atoms with van der Waals surface area (Å²) in [7, 11) is -0.358. The fourth-order valence-electron chi connectivity index (χ4n) is 3.39. The third-order valence-corrected chi connectivity index (χ3v) is 7.13. The van der Waals surface area contributed by atoms with Crippen molar-refractivity contribution in [2.75, 3.05) is 7.11 Å². The van der Waals surface area contributed by atoms with Gasteiger partial charge in [-0.25, -0.2) is 4.39 Å². The summed E-state index contributed by atoms with van der Waals surface area (Å²) in [5.74, 6) is -1.71. The van der Waals surface area contributed by atoms with Crippen LogP contribution >= 0.6 is 0 Å². The molecule has 1 N–H and O–H groups in total. The van der Waals surface area contributed by atoms with Gasteiger partial charge in [0.1, 0.15) is 11.9 Å². The van der Waals surface area contributed by atoms with E-state index in [1.54, 1.807) is 36.4 Å². The molecule has 0 unspecified atom stereocenters. The van der Waals surface area contributed by atoms with Crippen LogP contribution in [0, 0.1) is 5.82 Å². The summed E-state index contributed by atoms with van der Waals surface area (Å²) in [6.45, 7) is 6.38. The van der Waals surface area contributed by atoms with Gasteiger partial charge in [0.25, 0.3) is 0 Å². The number of carbonyl (C=O) groups excluding carboxylic acids is 2. The number of benzene rings is 2. The van der Waals surface area contributed by atoms with Gasteiger partial charge >= 0.3 is 6.18 Å². The maximum atomic E-state index is 14.6. The Morgan fingerprint density at radius 3 is 2.15 bits per heavy atom. The molecule has 0 aromatic heterocycles. The number of halogens is 4. The van der Waals surface area contributed by atoms with E-state index in [-0.39, 0.29) is 12.2 Å². The average Bonchev–Trinajstić information content (AvgIpc) is 2.70. The fraction of sp³-hybridized carbons (Fsp3) is 0.417. The van der Waals surface area contributed by atoms with E-state index in [9.17, 15) is 27.2 Å². The quantitative estimate of drug-likeness (QED) is 0.389. The number of carbonyl (C=O) groups is 2. The second kappa shape index (κ2) is 11.1. The lowest BCUT2D eigenvalue weighted by Gasteiger charge is -2.20. The molecule has 1 amide bonds. The number of alkyl halides is 3. The predicted octanol–water partition coefficient (Wildman–Crippen LogP) is 4.83. The first-order valence-electron chi connectivity index (χ1n) is 10.6. The molecule has 0 bridgehead atoms. The van der Waals surface area contributed by atoms with Crippen molar-refractivity contribution in [2.24, 2.45) is 0 Å². The first-order chi connectivity index (χ1) is 15.3. The zero-order valence-electron chi connectivity index (χ0n) is 19.2. The molecule has 33 heavy (non-hydrogen) atoms. The largest absolute Gasteiger partial charge is 0.389 e. The normalized spacial score (nSPS) is 13.0. The van der Waals surface area contributed by atoms with E-state index in [4.69, 9.17) is 4.74 Å². The number of rotatable bonds is 10. The highest BCUT2D eigenvalue weighted by Gasteiger charge is 2.30. The van der Waals surface area contributed by atoms with Gasteiger partial charge in [0.15, 0.2) is 5.78 Å². The maximum absolute atomic E-state index is 14.6. The Labute approximate surface area is 192 Å². The molecular formula is C24H29F4NO3Si. The summed E-state index contributed by atoms with van der Waals surface area (Å²) in [6, 6.07) is 10.2. The summed E-state index contributed by atoms with van der Waals surface area (Å²) in [5.41, 5.74) is 1.70. The summed E-state index contributed by atoms with van der Waals surface area (Å²) in [4.78, 5) is 25.2. The lowest BCUT2D eigenvalue weighted by Crippen LogP contribution is -2.40. The van der Waals surface area contributed by atoms with Crippen LogP contribution in [0.2, 0.25) is 19.6 Å². The number of ether oxygens (including phenoxy) is 1. The monoisotopic (exact) mass is 483 g/mol. The van der Waals surface area contributed by atoms with E-state index in [2.05, 4.69) is 5.32 Å². The van der Waals surface area contributed by atoms with Crippen LogP contribution in [0.3, 0.4) is 0 Å². The van der Waals surface area contributed by atoms with Gasteiger partial charge in [-0.15, -0.1) is 0 Å². The molecule has 0 radical (unpaired) electrons. The third kappa shape index (κ3) is 8.40. The summed E-state index contributed by atoms with van der Waals surface area (Å²) < 4.78 is 57.2. The number of ketones is 1. The van der Waals surface area contributed by atoms with Crippen LogP contribution in [0.25, 0.3) is 0 Å². The van der Waals surface area contributed by atoms with Gasteiger partial charge in [0.2, 0.25) is 5.91 Å². The molecular weight excluding hydrogens is 454 g/mol. The Bertz CT molecular complexity index is 969. The van der Waals surface area contributed by atoms with E-state index in [0.29, 0.717) is 22.9 Å². The molecule has 4 nitrogen and oxygen atoms in total. The Balaban J connectivity index is 2.25. The van der Waals surface area contributed by atoms with Crippen LogP contribution in [0.5, 0.6) is 0 Å². The molecule has 2 aromatic carbocycles. The van der Waals surface area contributed by atoms with Crippen LogP contribution in [0.4, 0.5) is 17.6 Å². The number of Topliss-reactive ketones (excluding diaryl/α,β-unsaturated/α-hetero) is 1. The molecule has 9 heteroatoms. The minimum Gasteiger partial charge on any atom is -0.380 e. The molecule has 0 fully saturated rings. The second-order valence-electron chi connectivity index (χ2n) is 9.00. The molecule has 0 aliphatic heterocycles. The first-order valence-corrected chi connectivity index (χ1v) is 14.1. The highest BCUT2D eigenvalue weighted by atomic mass is 28.3. The zero-order valence-corrected chi connectivity index (χ0v) is 20.2. The van der Waals surface area contributed by atoms with E-state index in [0.717, 1.165) is 5.56 Å². The topological polar surface area (TPSA) is 55.4 Å². The van der Waals surface area contributed by atoms with Gasteiger partial charge < -0.3 is 10.1 Å². The van der Waals surface area contributed by atoms with Crippen LogP contribution in [0.15, 0.2) is 42.5 Å². The highest BCUT2D eigenvalue weighted by molar-refractivity contribution is 6.88. The summed E-state index contributed by atoms with van der Waals surface area (Å²) >= 11 is 0. The number of hydrogen-bond donors (Lipinski definition) is 1. The van der Waals surface area contributed by atoms with Crippen LogP contribution in [0.1, 0.15) is 35.6 Å². The van der Waals surface area contributed by atoms with Crippen molar-refractivity contribution in [1.29, 1.82) is 0 Å². The van der Waals surface area contributed by atoms with Gasteiger partial charge in [0, 0.05) is 20.0 Å². The lowest BCUT2D eigenvalue weighted by atomic mass is 9.96. The molecule has 2 aromatic rings. The van der Waals surface area contributed by atoms with Crippen LogP contribution in [-0.2, 0) is 27.4 Å². The van der Waals surface area contributed by atoms with Gasteiger partial charge in [-0.05, 0) is 27.9 Å². The van der Waals surface area contributed by atoms with Crippen molar-refractivity contribution >= 4 is 25.0 Å². The Morgan fingerprint density at radius 2 is 1.64 bits per heavy atom. The standard InChI is InChI=1S/C24H29F4NO3Si/c1-32-15-16-5-8-18(9-6-16)23(29-22(31)11-12-24(26,27)28)20(30)14-17-7-10-21(19(25)13-17)33(2,3)4/h5-10,13,23H,11-12,14-15H2,1-4H3,(H,29,31)/t23-/m1/s1. The van der Waals surface area contributed by atoms with Gasteiger partial charge in [-0.3, -0.25) is 9.59 Å². The van der Waals surface area contributed by atoms with E-state index >= 15 is 0 Å². The summed E-state index contributed by atoms with van der Waals surface area (Å²) in [5, 5.41) is 3.06. The molecule has 180 valence electrons. The minimum atomic E-state index is -4.48. The lowest BCUT2D eigenvalue weighted by molar-refractivity contribution is -0.144. The van der Waals surface area contributed by atoms with Crippen molar-refractivity contribution in [3.05, 3.63) is 65.0 Å². The number of amides is 1. The van der Waals surface area contributed by atoms with E-state index in [1.807, 2.05) is 19.6 Å². The van der Waals surface area contributed by atoms with Gasteiger partial charge in [-0.2, -0.15) is 13.2 Å². The average molecular weight is 484 g/mol. The van der Waals surface area contributed by atoms with Gasteiger partial charge in [0.05, 0.1) is 21.1 Å². The van der Waals surface area contributed by atoms with Gasteiger partial charge in [-0.1, -0.05) is 56.0 Å². The molecule has 0 saturated heterocycles. The fourth-order valence-corrected chi connectivity index (χ4v) is 4.76. The number of hydrogen-bond acceptors (Lipinski definition) is 3. The molecule has 0 spiro atoms. The molecule has 0 saturated carbocycles. The predicted molar refractivity (Wildman–Crippen MR) is 121 cm³/mol. The third-order valence-electron chi connectivity index (χ3n) is 5.11. The van der Waals surface area contributed by atoms with Crippen molar-refractivity contribution in [1.82, 2.24) is 5.32 Å². The van der Waals surface area contributed by atoms with E-state index < -0.39 is 44.8 Å². The zero-order chi connectivity index (χ0) is 24.8. The van der Waals surface area contributed by atoms with E-state index in [1.165, 1.54) is 13.2 Å². The smallest absolute Gasteiger partial charge is 0.380 e. The molecule has 0 aliphatic rings. The van der Waals surface area contributed by atoms with Crippen molar-refractivity contribution < 1.29 is 31.9 Å². The van der Waals surface area contributed by atoms with Crippen molar-refractivity contribution in [2.45, 2.75) is 57.7 Å². The van der Waals surface area contributed by atoms with Crippen molar-refractivity contribution in [3.63, 3.8) is 0 Å². The molecule has 0 aliphatic carbocycles. The SMILES string of the molecule is COCc1ccc([C@@H](NC(=O)CCC(F)(F)F)C(=O)Cc2ccc([Si](C)(C)C)c(F)c2)cc1. The van der Waals surface area contributed by atoms with Crippen LogP contribution in [-0.4, -0.2) is 33.1 Å². The highest BCUT2D eigenvalue weighted by Crippen LogP contribution is 2.23. The number of nitrogens with one attached hydrogen (secondary N) is 1. The number of methoxy groups -OCH3 is 1. The first kappa shape index (κ1) is 26.7. The Hall–Kier alpha value is -2.52. The molecule has 1 atom stereocenters. The van der Waals surface area contributed by atoms with Crippen molar-refractivity contribution in [3.8, 4) is 0 Å². The minimum absolute atomic E-state index is 0.174. The molecule has 2 rings (SSSR count).